The van der Waals surface area contributed by atoms with Crippen LogP contribution >= 0.6 is 0 Å². The van der Waals surface area contributed by atoms with Gasteiger partial charge in [0.15, 0.2) is 0 Å². The summed E-state index contributed by atoms with van der Waals surface area (Å²) in [6, 6.07) is 0. The van der Waals surface area contributed by atoms with E-state index < -0.39 is 0 Å². The maximum absolute atomic E-state index is 12.8. The predicted molar refractivity (Wildman–Crippen MR) is 220 cm³/mol. The summed E-state index contributed by atoms with van der Waals surface area (Å²) in [5, 5.41) is 0. The Bertz CT molecular complexity index is 1260. The van der Waals surface area contributed by atoms with Gasteiger partial charge in [0.1, 0.15) is 6.10 Å². The summed E-state index contributed by atoms with van der Waals surface area (Å²) in [7, 11) is 0. The topological polar surface area (TPSA) is 26.3 Å². The number of ether oxygens (including phenoxy) is 1. The van der Waals surface area contributed by atoms with Crippen molar-refractivity contribution in [3.63, 3.8) is 0 Å². The minimum absolute atomic E-state index is 0.0228. The van der Waals surface area contributed by atoms with E-state index in [2.05, 4.69) is 121 Å². The second-order valence-electron chi connectivity index (χ2n) is 17.6. The van der Waals surface area contributed by atoms with Crippen LogP contribution in [0.3, 0.4) is 0 Å². The van der Waals surface area contributed by atoms with Crippen LogP contribution in [0.4, 0.5) is 0 Å². The van der Waals surface area contributed by atoms with Crippen LogP contribution < -0.4 is 0 Å². The van der Waals surface area contributed by atoms with Gasteiger partial charge in [0, 0.05) is 12.8 Å². The molecule has 2 heteroatoms. The van der Waals surface area contributed by atoms with Gasteiger partial charge in [-0.3, -0.25) is 4.79 Å². The number of carbonyl (C=O) groups excluding carboxylic acids is 1. The van der Waals surface area contributed by atoms with Crippen molar-refractivity contribution >= 4 is 5.97 Å². The number of allylic oxidation sites excluding steroid dienone is 13. The number of hydrogen-bond acceptors (Lipinski definition) is 2. The van der Waals surface area contributed by atoms with E-state index in [-0.39, 0.29) is 12.1 Å². The Balaban J connectivity index is 1.11. The Morgan fingerprint density at radius 3 is 1.98 bits per heavy atom. The number of carbonyl (C=O) groups is 1. The van der Waals surface area contributed by atoms with Crippen LogP contribution in [0, 0.1) is 46.3 Å². The lowest BCUT2D eigenvalue weighted by Crippen LogP contribution is -2.51. The summed E-state index contributed by atoms with van der Waals surface area (Å²) < 4.78 is 6.09. The van der Waals surface area contributed by atoms with Crippen molar-refractivity contribution in [2.24, 2.45) is 46.3 Å². The highest BCUT2D eigenvalue weighted by molar-refractivity contribution is 5.69. The molecule has 0 bridgehead atoms. The van der Waals surface area contributed by atoms with Gasteiger partial charge in [-0.15, -0.1) is 0 Å². The third-order valence-electron chi connectivity index (χ3n) is 13.7. The molecular weight excluding hydrogens is 621 g/mol. The zero-order valence-electron chi connectivity index (χ0n) is 33.8. The molecule has 3 fully saturated rings. The highest BCUT2D eigenvalue weighted by atomic mass is 16.5. The molecule has 8 atom stereocenters. The van der Waals surface area contributed by atoms with Crippen LogP contribution in [0.5, 0.6) is 0 Å². The van der Waals surface area contributed by atoms with Gasteiger partial charge in [-0.25, -0.2) is 0 Å². The average molecular weight is 697 g/mol. The van der Waals surface area contributed by atoms with Gasteiger partial charge in [-0.05, 0) is 136 Å². The van der Waals surface area contributed by atoms with Crippen LogP contribution in [-0.4, -0.2) is 12.1 Å². The van der Waals surface area contributed by atoms with Crippen LogP contribution in [0.25, 0.3) is 0 Å². The lowest BCUT2D eigenvalue weighted by Gasteiger charge is -2.58. The quantitative estimate of drug-likeness (QED) is 0.0935. The number of hydrogen-bond donors (Lipinski definition) is 0. The fourth-order valence-corrected chi connectivity index (χ4v) is 10.8. The third kappa shape index (κ3) is 12.1. The second kappa shape index (κ2) is 21.4. The first-order valence-corrected chi connectivity index (χ1v) is 21.5. The molecule has 2 nitrogen and oxygen atoms in total. The van der Waals surface area contributed by atoms with Crippen molar-refractivity contribution < 1.29 is 9.53 Å². The Morgan fingerprint density at radius 2 is 1.37 bits per heavy atom. The molecule has 0 aromatic carbocycles. The molecule has 4 rings (SSSR count). The van der Waals surface area contributed by atoms with Crippen LogP contribution in [0.15, 0.2) is 84.6 Å². The minimum atomic E-state index is -0.0228. The molecule has 284 valence electrons. The molecule has 4 aliphatic carbocycles. The van der Waals surface area contributed by atoms with Gasteiger partial charge in [0.2, 0.25) is 0 Å². The fraction of sp³-hybridized carbons (Fsp3) is 0.694. The predicted octanol–water partition coefficient (Wildman–Crippen LogP) is 14.4. The van der Waals surface area contributed by atoms with Gasteiger partial charge in [0.05, 0.1) is 0 Å². The van der Waals surface area contributed by atoms with E-state index in [4.69, 9.17) is 4.74 Å². The lowest BCUT2D eigenvalue weighted by atomic mass is 9.47. The zero-order chi connectivity index (χ0) is 36.5. The first-order chi connectivity index (χ1) is 24.7. The SMILES string of the molecule is CC/C=C\C/C=C\C/C=C\C/C=C\C/C=C\C/C=C\CCC(=O)OC1CCC2(C)C(=CCC3C2CCC2(C)C(C(C)CCCC(C)C)CCC32)C1. The van der Waals surface area contributed by atoms with Crippen molar-refractivity contribution in [2.75, 3.05) is 0 Å². The highest BCUT2D eigenvalue weighted by Gasteiger charge is 2.59. The Hall–Kier alpha value is -2.35. The van der Waals surface area contributed by atoms with E-state index in [1.807, 2.05) is 0 Å². The molecule has 0 saturated heterocycles. The molecule has 0 spiro atoms. The molecule has 0 aromatic rings. The monoisotopic (exact) mass is 697 g/mol. The van der Waals surface area contributed by atoms with Crippen molar-refractivity contribution in [1.29, 1.82) is 0 Å². The molecule has 0 aromatic heterocycles. The Morgan fingerprint density at radius 1 is 0.765 bits per heavy atom. The van der Waals surface area contributed by atoms with Gasteiger partial charge in [-0.2, -0.15) is 0 Å². The van der Waals surface area contributed by atoms with Gasteiger partial charge in [-0.1, -0.05) is 145 Å². The van der Waals surface area contributed by atoms with Crippen LogP contribution in [-0.2, 0) is 9.53 Å². The van der Waals surface area contributed by atoms with Gasteiger partial charge < -0.3 is 4.74 Å². The maximum Gasteiger partial charge on any atom is 0.306 e. The van der Waals surface area contributed by atoms with Crippen molar-refractivity contribution in [3.05, 3.63) is 84.6 Å². The molecule has 0 radical (unpaired) electrons. The third-order valence-corrected chi connectivity index (χ3v) is 13.7. The van der Waals surface area contributed by atoms with Crippen LogP contribution in [0.2, 0.25) is 0 Å². The molecule has 0 amide bonds. The summed E-state index contributed by atoms with van der Waals surface area (Å²) >= 11 is 0. The van der Waals surface area contributed by atoms with E-state index in [1.54, 1.807) is 5.57 Å². The number of esters is 1. The Labute approximate surface area is 315 Å². The molecule has 51 heavy (non-hydrogen) atoms. The minimum Gasteiger partial charge on any atom is -0.462 e. The largest absolute Gasteiger partial charge is 0.462 e. The lowest BCUT2D eigenvalue weighted by molar-refractivity contribution is -0.151. The number of fused-ring (bicyclic) bond motifs is 5. The maximum atomic E-state index is 12.8. The first-order valence-electron chi connectivity index (χ1n) is 21.5. The average Bonchev–Trinajstić information content (AvgIpc) is 3.46. The normalized spacial score (nSPS) is 31.7. The zero-order valence-corrected chi connectivity index (χ0v) is 33.8. The second-order valence-corrected chi connectivity index (χ2v) is 17.6. The summed E-state index contributed by atoms with van der Waals surface area (Å²) in [5.74, 6) is 5.15. The summed E-state index contributed by atoms with van der Waals surface area (Å²) in [5.41, 5.74) is 2.46. The van der Waals surface area contributed by atoms with E-state index in [1.165, 1.54) is 57.8 Å². The highest BCUT2D eigenvalue weighted by Crippen LogP contribution is 2.67. The molecule has 0 heterocycles. The van der Waals surface area contributed by atoms with E-state index in [0.29, 0.717) is 17.3 Å². The first kappa shape index (κ1) is 41.4. The molecule has 8 unspecified atom stereocenters. The molecule has 4 aliphatic rings. The smallest absolute Gasteiger partial charge is 0.306 e. The van der Waals surface area contributed by atoms with E-state index >= 15 is 0 Å². The molecule has 0 aliphatic heterocycles. The van der Waals surface area contributed by atoms with E-state index in [0.717, 1.165) is 93.3 Å². The Kier molecular flexibility index (Phi) is 17.4. The van der Waals surface area contributed by atoms with Crippen LogP contribution in [0.1, 0.15) is 164 Å². The van der Waals surface area contributed by atoms with E-state index in [9.17, 15) is 4.79 Å². The molecule has 3 saturated carbocycles. The number of rotatable bonds is 20. The molecular formula is C49H76O2. The summed E-state index contributed by atoms with van der Waals surface area (Å²) in [6.45, 7) is 14.8. The van der Waals surface area contributed by atoms with Gasteiger partial charge in [0.25, 0.3) is 0 Å². The summed E-state index contributed by atoms with van der Waals surface area (Å²) in [4.78, 5) is 12.8. The van der Waals surface area contributed by atoms with Crippen molar-refractivity contribution in [1.82, 2.24) is 0 Å². The standard InChI is InChI=1S/C49H76O2/c1-7-8-9-10-11-12-13-14-15-16-17-18-19-20-21-22-23-24-25-29-47(50)51-42-34-36-48(5)41(38-42)30-31-43-45-33-32-44(40(4)28-26-27-39(2)3)49(45,6)37-35-46(43)48/h8-9,11-12,14-15,17-18,20-21,23-24,30,39-40,42-46H,7,10,13,16,19,22,25-29,31-38H2,1-6H3/b9-8-,12-11-,15-14-,18-17-,21-20-,24-23-. The summed E-state index contributed by atoms with van der Waals surface area (Å²) in [6.07, 6.45) is 50.9. The molecule has 0 N–H and O–H groups in total. The fourth-order valence-electron chi connectivity index (χ4n) is 10.8. The van der Waals surface area contributed by atoms with Crippen molar-refractivity contribution in [3.8, 4) is 0 Å². The van der Waals surface area contributed by atoms with Gasteiger partial charge >= 0.3 is 5.97 Å². The van der Waals surface area contributed by atoms with Crippen molar-refractivity contribution in [2.45, 2.75) is 170 Å².